The molecule has 0 atom stereocenters. The Labute approximate surface area is 167 Å². The van der Waals surface area contributed by atoms with Crippen LogP contribution in [-0.4, -0.2) is 22.0 Å². The molecule has 26 heavy (non-hydrogen) atoms. The van der Waals surface area contributed by atoms with Crippen molar-refractivity contribution in [1.82, 2.24) is 10.2 Å². The second-order valence-corrected chi connectivity index (χ2v) is 6.79. The van der Waals surface area contributed by atoms with Crippen LogP contribution < -0.4 is 10.6 Å². The Morgan fingerprint density at radius 1 is 0.962 bits per heavy atom. The first-order chi connectivity index (χ1) is 12.5. The maximum absolute atomic E-state index is 12.4. The molecule has 0 saturated carbocycles. The van der Waals surface area contributed by atoms with Crippen LogP contribution in [0.25, 0.3) is 0 Å². The molecular weight excluding hydrogens is 443 g/mol. The number of nitrogens with one attached hydrogen (secondary N) is 3. The van der Waals surface area contributed by atoms with Gasteiger partial charge in [0.05, 0.1) is 15.1 Å². The van der Waals surface area contributed by atoms with Crippen molar-refractivity contribution in [3.05, 3.63) is 74.3 Å². The van der Waals surface area contributed by atoms with Crippen molar-refractivity contribution in [2.24, 2.45) is 0 Å². The number of carbonyl (C=O) groups excluding carboxylic acids is 2. The summed E-state index contributed by atoms with van der Waals surface area (Å²) in [6.07, 6.45) is 0. The van der Waals surface area contributed by atoms with E-state index >= 15 is 0 Å². The molecule has 6 nitrogen and oxygen atoms in total. The first-order valence-electron chi connectivity index (χ1n) is 7.32. The van der Waals surface area contributed by atoms with Crippen molar-refractivity contribution in [1.29, 1.82) is 0 Å². The Bertz CT molecular complexity index is 973. The lowest BCUT2D eigenvalue weighted by Gasteiger charge is -2.05. The fraction of sp³-hybridized carbons (Fsp3) is 0. The third kappa shape index (κ3) is 4.07. The van der Waals surface area contributed by atoms with Crippen molar-refractivity contribution < 1.29 is 9.59 Å². The summed E-state index contributed by atoms with van der Waals surface area (Å²) in [4.78, 5) is 24.7. The molecule has 0 spiro atoms. The van der Waals surface area contributed by atoms with Crippen molar-refractivity contribution in [2.75, 3.05) is 10.6 Å². The summed E-state index contributed by atoms with van der Waals surface area (Å²) in [7, 11) is 0. The highest BCUT2D eigenvalue weighted by molar-refractivity contribution is 9.10. The van der Waals surface area contributed by atoms with Gasteiger partial charge in [-0.05, 0) is 52.3 Å². The Kier molecular flexibility index (Phi) is 5.61. The van der Waals surface area contributed by atoms with E-state index in [1.165, 1.54) is 0 Å². The summed E-state index contributed by atoms with van der Waals surface area (Å²) in [5.41, 5.74) is 0.966. The lowest BCUT2D eigenvalue weighted by molar-refractivity contribution is 0.101. The number of halogens is 3. The van der Waals surface area contributed by atoms with E-state index in [1.54, 1.807) is 48.5 Å². The second kappa shape index (κ2) is 7.90. The summed E-state index contributed by atoms with van der Waals surface area (Å²) >= 11 is 15.1. The highest BCUT2D eigenvalue weighted by Gasteiger charge is 2.20. The molecule has 0 unspecified atom stereocenters. The van der Waals surface area contributed by atoms with E-state index in [4.69, 9.17) is 23.2 Å². The Morgan fingerprint density at radius 3 is 2.35 bits per heavy atom. The Balaban J connectivity index is 1.75. The van der Waals surface area contributed by atoms with Crippen LogP contribution in [0.1, 0.15) is 20.8 Å². The van der Waals surface area contributed by atoms with Crippen LogP contribution in [0.2, 0.25) is 10.0 Å². The smallest absolute Gasteiger partial charge is 0.277 e. The minimum atomic E-state index is -0.450. The SMILES string of the molecule is O=C(Nc1[nH]nc(C(=O)Nc2ccc(Cl)cc2)c1Br)c1ccccc1Cl. The van der Waals surface area contributed by atoms with Crippen molar-refractivity contribution >= 4 is 62.5 Å². The first kappa shape index (κ1) is 18.4. The molecule has 0 aliphatic heterocycles. The van der Waals surface area contributed by atoms with Gasteiger partial charge >= 0.3 is 0 Å². The van der Waals surface area contributed by atoms with Gasteiger partial charge in [0.2, 0.25) is 0 Å². The average Bonchev–Trinajstić information content (AvgIpc) is 2.98. The van der Waals surface area contributed by atoms with E-state index in [0.29, 0.717) is 25.8 Å². The zero-order chi connectivity index (χ0) is 18.7. The zero-order valence-electron chi connectivity index (χ0n) is 13.0. The standard InChI is InChI=1S/C17H11BrCl2N4O2/c18-13-14(17(26)21-10-7-5-9(19)6-8-10)23-24-15(13)22-16(25)11-3-1-2-4-12(11)20/h1-8H,(H,21,26)(H2,22,23,24,25). The predicted octanol–water partition coefficient (Wildman–Crippen LogP) is 4.98. The highest BCUT2D eigenvalue weighted by atomic mass is 79.9. The number of H-pyrrole nitrogens is 1. The lowest BCUT2D eigenvalue weighted by Crippen LogP contribution is -2.14. The molecule has 0 saturated heterocycles. The van der Waals surface area contributed by atoms with E-state index in [9.17, 15) is 9.59 Å². The fourth-order valence-corrected chi connectivity index (χ4v) is 2.92. The van der Waals surface area contributed by atoms with Gasteiger partial charge in [-0.2, -0.15) is 5.10 Å². The van der Waals surface area contributed by atoms with Gasteiger partial charge in [0.1, 0.15) is 5.82 Å². The first-order valence-corrected chi connectivity index (χ1v) is 8.87. The molecule has 0 aliphatic carbocycles. The van der Waals surface area contributed by atoms with Gasteiger partial charge in [0.15, 0.2) is 5.69 Å². The third-order valence-electron chi connectivity index (χ3n) is 3.38. The highest BCUT2D eigenvalue weighted by Crippen LogP contribution is 2.26. The minimum absolute atomic E-state index is 0.0920. The molecule has 3 rings (SSSR count). The van der Waals surface area contributed by atoms with Crippen LogP contribution in [0, 0.1) is 0 Å². The van der Waals surface area contributed by atoms with E-state index in [0.717, 1.165) is 0 Å². The van der Waals surface area contributed by atoms with E-state index in [-0.39, 0.29) is 11.5 Å². The summed E-state index contributed by atoms with van der Waals surface area (Å²) in [6.45, 7) is 0. The number of nitrogens with zero attached hydrogens (tertiary/aromatic N) is 1. The summed E-state index contributed by atoms with van der Waals surface area (Å²) in [5.74, 6) is -0.630. The largest absolute Gasteiger partial charge is 0.321 e. The van der Waals surface area contributed by atoms with Crippen LogP contribution in [-0.2, 0) is 0 Å². The van der Waals surface area contributed by atoms with Crippen LogP contribution >= 0.6 is 39.1 Å². The summed E-state index contributed by atoms with van der Waals surface area (Å²) in [5, 5.41) is 12.8. The zero-order valence-corrected chi connectivity index (χ0v) is 16.1. The number of hydrogen-bond donors (Lipinski definition) is 3. The maximum Gasteiger partial charge on any atom is 0.277 e. The van der Waals surface area contributed by atoms with Gasteiger partial charge in [-0.25, -0.2) is 0 Å². The number of amides is 2. The summed E-state index contributed by atoms with van der Waals surface area (Å²) < 4.78 is 0.323. The number of anilines is 2. The number of aromatic amines is 1. The van der Waals surface area contributed by atoms with Gasteiger partial charge < -0.3 is 10.6 Å². The van der Waals surface area contributed by atoms with E-state index < -0.39 is 11.8 Å². The van der Waals surface area contributed by atoms with Crippen LogP contribution in [0.4, 0.5) is 11.5 Å². The molecule has 2 aromatic carbocycles. The molecule has 0 radical (unpaired) electrons. The van der Waals surface area contributed by atoms with Crippen molar-refractivity contribution in [3.8, 4) is 0 Å². The molecule has 132 valence electrons. The fourth-order valence-electron chi connectivity index (χ4n) is 2.11. The van der Waals surface area contributed by atoms with Gasteiger partial charge in [-0.15, -0.1) is 0 Å². The van der Waals surface area contributed by atoms with Gasteiger partial charge in [-0.3, -0.25) is 14.7 Å². The molecule has 0 aliphatic rings. The monoisotopic (exact) mass is 452 g/mol. The minimum Gasteiger partial charge on any atom is -0.321 e. The van der Waals surface area contributed by atoms with E-state index in [1.807, 2.05) is 0 Å². The molecule has 9 heteroatoms. The maximum atomic E-state index is 12.4. The normalized spacial score (nSPS) is 10.4. The number of carbonyl (C=O) groups is 2. The molecule has 3 N–H and O–H groups in total. The second-order valence-electron chi connectivity index (χ2n) is 5.16. The van der Waals surface area contributed by atoms with Gasteiger partial charge in [0, 0.05) is 10.7 Å². The molecule has 0 bridgehead atoms. The lowest BCUT2D eigenvalue weighted by atomic mass is 10.2. The molecule has 2 amide bonds. The molecule has 3 aromatic rings. The van der Waals surface area contributed by atoms with E-state index in [2.05, 4.69) is 36.8 Å². The topological polar surface area (TPSA) is 86.9 Å². The molecular formula is C17H11BrCl2N4O2. The number of aromatic nitrogens is 2. The average molecular weight is 454 g/mol. The number of benzene rings is 2. The summed E-state index contributed by atoms with van der Waals surface area (Å²) in [6, 6.07) is 13.3. The molecule has 0 fully saturated rings. The predicted molar refractivity (Wildman–Crippen MR) is 105 cm³/mol. The quantitative estimate of drug-likeness (QED) is 0.520. The Hall–Kier alpha value is -2.35. The number of hydrogen-bond acceptors (Lipinski definition) is 3. The van der Waals surface area contributed by atoms with Gasteiger partial charge in [0.25, 0.3) is 11.8 Å². The van der Waals surface area contributed by atoms with Crippen LogP contribution in [0.15, 0.2) is 53.0 Å². The van der Waals surface area contributed by atoms with Gasteiger partial charge in [-0.1, -0.05) is 35.3 Å². The Morgan fingerprint density at radius 2 is 1.65 bits per heavy atom. The van der Waals surface area contributed by atoms with Crippen molar-refractivity contribution in [3.63, 3.8) is 0 Å². The number of rotatable bonds is 4. The van der Waals surface area contributed by atoms with Crippen molar-refractivity contribution in [2.45, 2.75) is 0 Å². The molecule has 1 heterocycles. The van der Waals surface area contributed by atoms with Crippen LogP contribution in [0.5, 0.6) is 0 Å². The van der Waals surface area contributed by atoms with Crippen LogP contribution in [0.3, 0.4) is 0 Å². The molecule has 1 aromatic heterocycles. The third-order valence-corrected chi connectivity index (χ3v) is 4.73.